The third-order valence-electron chi connectivity index (χ3n) is 2.87. The lowest BCUT2D eigenvalue weighted by molar-refractivity contribution is 0.385. The van der Waals surface area contributed by atoms with Crippen molar-refractivity contribution in [3.05, 3.63) is 34.4 Å². The van der Waals surface area contributed by atoms with Crippen LogP contribution in [0.5, 0.6) is 0 Å². The Labute approximate surface area is 103 Å². The summed E-state index contributed by atoms with van der Waals surface area (Å²) >= 11 is 3.51. The maximum atomic E-state index is 3.51. The molecule has 1 aliphatic rings. The van der Waals surface area contributed by atoms with E-state index in [0.29, 0.717) is 6.04 Å². The summed E-state index contributed by atoms with van der Waals surface area (Å²) in [5, 5.41) is 4.75. The first-order valence-electron chi connectivity index (χ1n) is 4.84. The van der Waals surface area contributed by atoms with Gasteiger partial charge in [-0.3, -0.25) is 0 Å². The molecule has 1 aliphatic heterocycles. The van der Waals surface area contributed by atoms with Crippen LogP contribution in [0, 0.1) is 0 Å². The van der Waals surface area contributed by atoms with Crippen molar-refractivity contribution in [2.75, 3.05) is 6.54 Å². The van der Waals surface area contributed by atoms with E-state index in [2.05, 4.69) is 50.6 Å². The molecule has 0 saturated carbocycles. The minimum atomic E-state index is 0. The van der Waals surface area contributed by atoms with Crippen LogP contribution in [0.3, 0.4) is 0 Å². The highest BCUT2D eigenvalue weighted by Crippen LogP contribution is 2.31. The average molecular weight is 288 g/mol. The number of hydrogen-bond donors (Lipinski definition) is 2. The van der Waals surface area contributed by atoms with Crippen molar-refractivity contribution in [2.24, 2.45) is 0 Å². The molecule has 2 N–H and O–H groups in total. The lowest BCUT2D eigenvalue weighted by Crippen LogP contribution is -2.34. The van der Waals surface area contributed by atoms with Crippen molar-refractivity contribution in [3.8, 4) is 0 Å². The molecule has 4 heteroatoms. The molecular weight excluding hydrogens is 275 g/mol. The third kappa shape index (κ3) is 1.80. The van der Waals surface area contributed by atoms with Crippen LogP contribution in [0.2, 0.25) is 0 Å². The first kappa shape index (κ1) is 11.0. The van der Waals surface area contributed by atoms with E-state index in [1.54, 1.807) is 0 Å². The maximum Gasteiger partial charge on any atom is 0.0458 e. The van der Waals surface area contributed by atoms with Gasteiger partial charge in [0.15, 0.2) is 0 Å². The van der Waals surface area contributed by atoms with Gasteiger partial charge in [0.25, 0.3) is 0 Å². The topological polar surface area (TPSA) is 27.8 Å². The van der Waals surface area contributed by atoms with Gasteiger partial charge in [0.1, 0.15) is 0 Å². The molecule has 1 saturated heterocycles. The number of H-pyrrole nitrogens is 1. The molecule has 2 nitrogen and oxygen atoms in total. The van der Waals surface area contributed by atoms with E-state index in [1.807, 2.05) is 0 Å². The molecular formula is C11H12BrClN2. The van der Waals surface area contributed by atoms with Crippen molar-refractivity contribution in [1.82, 2.24) is 10.3 Å². The zero-order chi connectivity index (χ0) is 9.54. The Hall–Kier alpha value is -0.510. The number of benzene rings is 1. The summed E-state index contributed by atoms with van der Waals surface area (Å²) in [5.74, 6) is 0. The smallest absolute Gasteiger partial charge is 0.0458 e. The Balaban J connectivity index is 0.000000853. The van der Waals surface area contributed by atoms with Gasteiger partial charge in [-0.25, -0.2) is 0 Å². The van der Waals surface area contributed by atoms with E-state index < -0.39 is 0 Å². The van der Waals surface area contributed by atoms with Gasteiger partial charge in [-0.05, 0) is 36.7 Å². The minimum Gasteiger partial charge on any atom is -0.361 e. The Bertz CT molecular complexity index is 476. The largest absolute Gasteiger partial charge is 0.361 e. The summed E-state index contributed by atoms with van der Waals surface area (Å²) in [7, 11) is 0. The summed E-state index contributed by atoms with van der Waals surface area (Å²) in [6, 6.07) is 6.91. The molecule has 15 heavy (non-hydrogen) atoms. The zero-order valence-corrected chi connectivity index (χ0v) is 10.5. The van der Waals surface area contributed by atoms with Crippen LogP contribution in [-0.4, -0.2) is 11.5 Å². The molecule has 0 amide bonds. The summed E-state index contributed by atoms with van der Waals surface area (Å²) in [4.78, 5) is 3.30. The van der Waals surface area contributed by atoms with E-state index in [9.17, 15) is 0 Å². The number of aromatic amines is 1. The molecule has 0 aliphatic carbocycles. The SMILES string of the molecule is Brc1ccc2[nH]cc([C@@H]3CCN3)c2c1.Cl. The number of nitrogens with one attached hydrogen (secondary N) is 2. The lowest BCUT2D eigenvalue weighted by atomic mass is 9.98. The Morgan fingerprint density at radius 3 is 2.80 bits per heavy atom. The van der Waals surface area contributed by atoms with Crippen LogP contribution in [0.25, 0.3) is 10.9 Å². The van der Waals surface area contributed by atoms with Crippen LogP contribution in [0.15, 0.2) is 28.9 Å². The van der Waals surface area contributed by atoms with Crippen LogP contribution < -0.4 is 5.32 Å². The van der Waals surface area contributed by atoms with Gasteiger partial charge in [-0.15, -0.1) is 12.4 Å². The van der Waals surface area contributed by atoms with Crippen molar-refractivity contribution in [3.63, 3.8) is 0 Å². The number of aromatic nitrogens is 1. The fourth-order valence-electron chi connectivity index (χ4n) is 1.96. The van der Waals surface area contributed by atoms with E-state index in [4.69, 9.17) is 0 Å². The number of halogens is 2. The van der Waals surface area contributed by atoms with Crippen LogP contribution >= 0.6 is 28.3 Å². The molecule has 3 rings (SSSR count). The molecule has 2 aromatic rings. The lowest BCUT2D eigenvalue weighted by Gasteiger charge is -2.27. The second kappa shape index (κ2) is 4.16. The normalized spacial score (nSPS) is 19.7. The molecule has 1 atom stereocenters. The van der Waals surface area contributed by atoms with E-state index in [-0.39, 0.29) is 12.4 Å². The van der Waals surface area contributed by atoms with Crippen LogP contribution in [0.4, 0.5) is 0 Å². The van der Waals surface area contributed by atoms with Crippen LogP contribution in [-0.2, 0) is 0 Å². The summed E-state index contributed by atoms with van der Waals surface area (Å²) in [6.07, 6.45) is 3.37. The maximum absolute atomic E-state index is 3.51. The molecule has 0 unspecified atom stereocenters. The van der Waals surface area contributed by atoms with Crippen molar-refractivity contribution in [1.29, 1.82) is 0 Å². The van der Waals surface area contributed by atoms with Gasteiger partial charge < -0.3 is 10.3 Å². The number of hydrogen-bond acceptors (Lipinski definition) is 1. The molecule has 0 radical (unpaired) electrons. The van der Waals surface area contributed by atoms with Gasteiger partial charge in [0.05, 0.1) is 0 Å². The predicted octanol–water partition coefficient (Wildman–Crippen LogP) is 3.39. The van der Waals surface area contributed by atoms with Gasteiger partial charge in [0, 0.05) is 27.6 Å². The van der Waals surface area contributed by atoms with E-state index in [0.717, 1.165) is 11.0 Å². The zero-order valence-electron chi connectivity index (χ0n) is 8.09. The van der Waals surface area contributed by atoms with Crippen molar-refractivity contribution in [2.45, 2.75) is 12.5 Å². The molecule has 2 heterocycles. The quantitative estimate of drug-likeness (QED) is 0.827. The van der Waals surface area contributed by atoms with E-state index in [1.165, 1.54) is 22.9 Å². The fourth-order valence-corrected chi connectivity index (χ4v) is 2.32. The Morgan fingerprint density at radius 1 is 1.33 bits per heavy atom. The molecule has 1 aromatic heterocycles. The number of rotatable bonds is 1. The van der Waals surface area contributed by atoms with Crippen LogP contribution in [0.1, 0.15) is 18.0 Å². The number of fused-ring (bicyclic) bond motifs is 1. The highest BCUT2D eigenvalue weighted by molar-refractivity contribution is 9.10. The summed E-state index contributed by atoms with van der Waals surface area (Å²) in [6.45, 7) is 1.14. The van der Waals surface area contributed by atoms with Gasteiger partial charge in [-0.1, -0.05) is 15.9 Å². The third-order valence-corrected chi connectivity index (χ3v) is 3.37. The fraction of sp³-hybridized carbons (Fsp3) is 0.273. The molecule has 1 fully saturated rings. The molecule has 1 aromatic carbocycles. The molecule has 0 spiro atoms. The highest BCUT2D eigenvalue weighted by atomic mass is 79.9. The van der Waals surface area contributed by atoms with Crippen molar-refractivity contribution < 1.29 is 0 Å². The van der Waals surface area contributed by atoms with Gasteiger partial charge >= 0.3 is 0 Å². The minimum absolute atomic E-state index is 0. The monoisotopic (exact) mass is 286 g/mol. The average Bonchev–Trinajstić information content (AvgIpc) is 2.46. The Kier molecular flexibility index (Phi) is 3.05. The second-order valence-electron chi connectivity index (χ2n) is 3.73. The van der Waals surface area contributed by atoms with E-state index >= 15 is 0 Å². The molecule has 80 valence electrons. The first-order valence-corrected chi connectivity index (χ1v) is 5.64. The Morgan fingerprint density at radius 2 is 2.13 bits per heavy atom. The second-order valence-corrected chi connectivity index (χ2v) is 4.64. The summed E-state index contributed by atoms with van der Waals surface area (Å²) in [5.41, 5.74) is 2.62. The van der Waals surface area contributed by atoms with Crippen molar-refractivity contribution >= 4 is 39.2 Å². The molecule has 0 bridgehead atoms. The first-order chi connectivity index (χ1) is 6.84. The standard InChI is InChI=1S/C11H11BrN2.ClH/c12-7-1-2-10-8(5-7)9(6-14-10)11-3-4-13-11;/h1-2,5-6,11,13-14H,3-4H2;1H/t11-;/m0./s1. The van der Waals surface area contributed by atoms with Gasteiger partial charge in [0.2, 0.25) is 0 Å². The van der Waals surface area contributed by atoms with Gasteiger partial charge in [-0.2, -0.15) is 0 Å². The highest BCUT2D eigenvalue weighted by Gasteiger charge is 2.21. The summed E-state index contributed by atoms with van der Waals surface area (Å²) < 4.78 is 1.14. The predicted molar refractivity (Wildman–Crippen MR) is 68.6 cm³/mol.